The van der Waals surface area contributed by atoms with E-state index in [1.807, 2.05) is 24.3 Å². The van der Waals surface area contributed by atoms with E-state index in [1.165, 1.54) is 30.5 Å². The number of hydrogen-bond acceptors (Lipinski definition) is 3. The number of nitrogens with zero attached hydrogens (tertiary/aromatic N) is 2. The smallest absolute Gasteiger partial charge is 0.387 e. The number of halogens is 3. The maximum absolute atomic E-state index is 12.5. The molecule has 3 aromatic rings. The van der Waals surface area contributed by atoms with E-state index in [9.17, 15) is 13.6 Å². The third-order valence-electron chi connectivity index (χ3n) is 3.66. The van der Waals surface area contributed by atoms with E-state index in [-0.39, 0.29) is 11.7 Å². The molecule has 2 aromatic carbocycles. The van der Waals surface area contributed by atoms with Crippen LogP contribution in [0.2, 0.25) is 0 Å². The zero-order valence-corrected chi connectivity index (χ0v) is 15.2. The van der Waals surface area contributed by atoms with E-state index in [1.54, 1.807) is 11.6 Å². The summed E-state index contributed by atoms with van der Waals surface area (Å²) in [6.45, 7) is -1.09. The van der Waals surface area contributed by atoms with Crippen molar-refractivity contribution >= 4 is 27.5 Å². The Morgan fingerprint density at radius 2 is 1.81 bits per heavy atom. The van der Waals surface area contributed by atoms with Crippen molar-refractivity contribution < 1.29 is 18.3 Å². The molecule has 0 radical (unpaired) electrons. The Hall–Kier alpha value is -2.74. The highest BCUT2D eigenvalue weighted by molar-refractivity contribution is 9.10. The van der Waals surface area contributed by atoms with Crippen molar-refractivity contribution in [3.8, 4) is 11.4 Å². The topological polar surface area (TPSA) is 56.1 Å². The van der Waals surface area contributed by atoms with Crippen LogP contribution in [-0.4, -0.2) is 22.3 Å². The minimum Gasteiger partial charge on any atom is -0.435 e. The second kappa shape index (κ2) is 7.65. The van der Waals surface area contributed by atoms with E-state index in [0.29, 0.717) is 16.9 Å². The number of ether oxygens (including phenoxy) is 1. The molecule has 26 heavy (non-hydrogen) atoms. The molecule has 0 aliphatic carbocycles. The Morgan fingerprint density at radius 1 is 1.15 bits per heavy atom. The van der Waals surface area contributed by atoms with Gasteiger partial charge in [-0.05, 0) is 55.5 Å². The first-order valence-corrected chi connectivity index (χ1v) is 8.40. The predicted molar refractivity (Wildman–Crippen MR) is 97.0 cm³/mol. The average molecular weight is 422 g/mol. The van der Waals surface area contributed by atoms with Gasteiger partial charge in [-0.1, -0.05) is 15.9 Å². The molecule has 1 amide bonds. The van der Waals surface area contributed by atoms with E-state index in [4.69, 9.17) is 0 Å². The fourth-order valence-corrected chi connectivity index (χ4v) is 2.66. The minimum absolute atomic E-state index is 0.0252. The van der Waals surface area contributed by atoms with Crippen LogP contribution < -0.4 is 10.1 Å². The molecule has 1 aromatic heterocycles. The minimum atomic E-state index is -2.89. The molecule has 0 spiro atoms. The summed E-state index contributed by atoms with van der Waals surface area (Å²) in [5.41, 5.74) is 2.40. The Balaban J connectivity index is 1.75. The molecule has 1 heterocycles. The SMILES string of the molecule is Cc1c(C(=O)Nc2ccc(OC(F)F)cc2)cnn1-c1ccc(Br)cc1. The molecule has 5 nitrogen and oxygen atoms in total. The van der Waals surface area contributed by atoms with Crippen LogP contribution in [0.15, 0.2) is 59.2 Å². The molecule has 0 unspecified atom stereocenters. The molecule has 0 saturated carbocycles. The van der Waals surface area contributed by atoms with Gasteiger partial charge >= 0.3 is 6.61 Å². The normalized spacial score (nSPS) is 10.8. The molecule has 8 heteroatoms. The third kappa shape index (κ3) is 4.08. The van der Waals surface area contributed by atoms with Crippen molar-refractivity contribution in [2.45, 2.75) is 13.5 Å². The van der Waals surface area contributed by atoms with Gasteiger partial charge in [0.15, 0.2) is 0 Å². The van der Waals surface area contributed by atoms with Gasteiger partial charge in [0.25, 0.3) is 5.91 Å². The highest BCUT2D eigenvalue weighted by Gasteiger charge is 2.15. The zero-order valence-electron chi connectivity index (χ0n) is 13.6. The van der Waals surface area contributed by atoms with Gasteiger partial charge < -0.3 is 10.1 Å². The number of rotatable bonds is 5. The van der Waals surface area contributed by atoms with Crippen molar-refractivity contribution in [1.82, 2.24) is 9.78 Å². The Morgan fingerprint density at radius 3 is 2.42 bits per heavy atom. The van der Waals surface area contributed by atoms with Gasteiger partial charge in [0.1, 0.15) is 5.75 Å². The molecule has 1 N–H and O–H groups in total. The summed E-state index contributed by atoms with van der Waals surface area (Å²) in [5.74, 6) is -0.314. The van der Waals surface area contributed by atoms with Gasteiger partial charge in [-0.2, -0.15) is 13.9 Å². The summed E-state index contributed by atoms with van der Waals surface area (Å²) in [6.07, 6.45) is 1.49. The number of aromatic nitrogens is 2. The highest BCUT2D eigenvalue weighted by atomic mass is 79.9. The fourth-order valence-electron chi connectivity index (χ4n) is 2.39. The number of nitrogens with one attached hydrogen (secondary N) is 1. The van der Waals surface area contributed by atoms with Crippen molar-refractivity contribution in [1.29, 1.82) is 0 Å². The molecule has 0 atom stereocenters. The van der Waals surface area contributed by atoms with Crippen LogP contribution in [0.5, 0.6) is 5.75 Å². The number of anilines is 1. The third-order valence-corrected chi connectivity index (χ3v) is 4.19. The standard InChI is InChI=1S/C18H14BrF2N3O2/c1-11-16(10-22-24(11)14-6-2-12(19)3-7-14)17(25)23-13-4-8-15(9-5-13)26-18(20)21/h2-10,18H,1H3,(H,23,25). The molecular formula is C18H14BrF2N3O2. The van der Waals surface area contributed by atoms with Crippen LogP contribution in [0.1, 0.15) is 16.1 Å². The Bertz CT molecular complexity index is 909. The lowest BCUT2D eigenvalue weighted by Gasteiger charge is -2.08. The summed E-state index contributed by atoms with van der Waals surface area (Å²) in [5, 5.41) is 6.97. The summed E-state index contributed by atoms with van der Waals surface area (Å²) in [4.78, 5) is 12.5. The molecule has 0 fully saturated rings. The first-order chi connectivity index (χ1) is 12.4. The zero-order chi connectivity index (χ0) is 18.7. The van der Waals surface area contributed by atoms with Gasteiger partial charge in [-0.3, -0.25) is 4.79 Å². The van der Waals surface area contributed by atoms with Gasteiger partial charge in [0, 0.05) is 10.2 Å². The summed E-state index contributed by atoms with van der Waals surface area (Å²) in [7, 11) is 0. The Kier molecular flexibility index (Phi) is 5.32. The van der Waals surface area contributed by atoms with Crippen molar-refractivity contribution in [2.75, 3.05) is 5.32 Å². The van der Waals surface area contributed by atoms with Crippen molar-refractivity contribution in [3.05, 3.63) is 70.5 Å². The predicted octanol–water partition coefficient (Wildman–Crippen LogP) is 4.80. The maximum Gasteiger partial charge on any atom is 0.387 e. The van der Waals surface area contributed by atoms with Crippen LogP contribution in [-0.2, 0) is 0 Å². The molecule has 0 bridgehead atoms. The van der Waals surface area contributed by atoms with E-state index in [0.717, 1.165) is 10.2 Å². The number of alkyl halides is 2. The lowest BCUT2D eigenvalue weighted by atomic mass is 10.2. The van der Waals surface area contributed by atoms with Crippen LogP contribution >= 0.6 is 15.9 Å². The molecular weight excluding hydrogens is 408 g/mol. The van der Waals surface area contributed by atoms with Crippen LogP contribution in [0, 0.1) is 6.92 Å². The van der Waals surface area contributed by atoms with Crippen LogP contribution in [0.4, 0.5) is 14.5 Å². The van der Waals surface area contributed by atoms with Crippen molar-refractivity contribution in [2.24, 2.45) is 0 Å². The van der Waals surface area contributed by atoms with E-state index < -0.39 is 6.61 Å². The van der Waals surface area contributed by atoms with Gasteiger partial charge in [0.05, 0.1) is 23.1 Å². The maximum atomic E-state index is 12.5. The van der Waals surface area contributed by atoms with Crippen LogP contribution in [0.3, 0.4) is 0 Å². The fraction of sp³-hybridized carbons (Fsp3) is 0.111. The molecule has 3 rings (SSSR count). The number of carbonyl (C=O) groups excluding carboxylic acids is 1. The van der Waals surface area contributed by atoms with Gasteiger partial charge in [-0.15, -0.1) is 0 Å². The quantitative estimate of drug-likeness (QED) is 0.643. The van der Waals surface area contributed by atoms with E-state index in [2.05, 4.69) is 31.1 Å². The second-order valence-corrected chi connectivity index (χ2v) is 6.30. The summed E-state index contributed by atoms with van der Waals surface area (Å²) in [6, 6.07) is 13.2. The monoisotopic (exact) mass is 421 g/mol. The molecule has 0 saturated heterocycles. The van der Waals surface area contributed by atoms with E-state index >= 15 is 0 Å². The first kappa shape index (κ1) is 18.1. The average Bonchev–Trinajstić information content (AvgIpc) is 2.98. The molecule has 0 aliphatic heterocycles. The number of carbonyl (C=O) groups is 1. The summed E-state index contributed by atoms with van der Waals surface area (Å²) >= 11 is 3.38. The van der Waals surface area contributed by atoms with Crippen LogP contribution in [0.25, 0.3) is 5.69 Å². The lowest BCUT2D eigenvalue weighted by Crippen LogP contribution is -2.13. The lowest BCUT2D eigenvalue weighted by molar-refractivity contribution is -0.0498. The number of hydrogen-bond donors (Lipinski definition) is 1. The largest absolute Gasteiger partial charge is 0.435 e. The molecule has 134 valence electrons. The summed E-state index contributed by atoms with van der Waals surface area (Å²) < 4.78 is 31.2. The molecule has 0 aliphatic rings. The highest BCUT2D eigenvalue weighted by Crippen LogP contribution is 2.20. The number of benzene rings is 2. The second-order valence-electron chi connectivity index (χ2n) is 5.39. The first-order valence-electron chi connectivity index (χ1n) is 7.61. The Labute approximate surface area is 156 Å². The van der Waals surface area contributed by atoms with Gasteiger partial charge in [0.2, 0.25) is 0 Å². The van der Waals surface area contributed by atoms with Crippen molar-refractivity contribution in [3.63, 3.8) is 0 Å². The number of amides is 1. The van der Waals surface area contributed by atoms with Gasteiger partial charge in [-0.25, -0.2) is 4.68 Å².